The maximum atomic E-state index is 5.50. The molecule has 0 bridgehead atoms. The molecule has 80 valence electrons. The molecule has 1 aliphatic heterocycles. The van der Waals surface area contributed by atoms with E-state index < -0.39 is 20.7 Å². The fourth-order valence-corrected chi connectivity index (χ4v) is 2.87. The Morgan fingerprint density at radius 2 is 1.67 bits per heavy atom. The Labute approximate surface area is 98.3 Å². The van der Waals surface area contributed by atoms with E-state index in [1.165, 1.54) is 3.57 Å². The van der Waals surface area contributed by atoms with Crippen LogP contribution < -0.4 is 0 Å². The second kappa shape index (κ2) is 4.76. The summed E-state index contributed by atoms with van der Waals surface area (Å²) in [6.45, 7) is 3.68. The smallest absolute Gasteiger partial charge is 0.312 e. The minimum Gasteiger partial charge on any atom is -0.430 e. The first-order chi connectivity index (χ1) is 7.25. The monoisotopic (exact) mass is 318 g/mol. The van der Waals surface area contributed by atoms with E-state index in [0.717, 1.165) is 5.76 Å². The Hall–Kier alpha value is -0.880. The number of benzene rings is 1. The van der Waals surface area contributed by atoms with Gasteiger partial charge < -0.3 is 9.62 Å². The molecule has 0 fully saturated rings. The fourth-order valence-electron chi connectivity index (χ4n) is 0.965. The van der Waals surface area contributed by atoms with Crippen LogP contribution in [0.1, 0.15) is 13.8 Å². The van der Waals surface area contributed by atoms with Gasteiger partial charge in [-0.15, -0.1) is 4.89 Å². The van der Waals surface area contributed by atoms with Crippen LogP contribution in [0.2, 0.25) is 0 Å². The molecule has 0 radical (unpaired) electrons. The van der Waals surface area contributed by atoms with Gasteiger partial charge in [0.05, 0.1) is 0 Å². The lowest BCUT2D eigenvalue weighted by atomic mass is 10.4. The lowest BCUT2D eigenvalue weighted by Gasteiger charge is -2.16. The van der Waals surface area contributed by atoms with Gasteiger partial charge in [0.2, 0.25) is 0 Å². The van der Waals surface area contributed by atoms with Crippen LogP contribution in [0.15, 0.2) is 41.9 Å². The zero-order chi connectivity index (χ0) is 10.7. The van der Waals surface area contributed by atoms with Gasteiger partial charge >= 0.3 is 3.88 Å². The van der Waals surface area contributed by atoms with Crippen LogP contribution in [0.25, 0.3) is 0 Å². The van der Waals surface area contributed by atoms with Crippen molar-refractivity contribution < 1.29 is 14.5 Å². The third-order valence-electron chi connectivity index (χ3n) is 1.88. The van der Waals surface area contributed by atoms with Crippen molar-refractivity contribution in [3.63, 3.8) is 0 Å². The van der Waals surface area contributed by atoms with Gasteiger partial charge in [-0.25, -0.2) is 0 Å². The van der Waals surface area contributed by atoms with Crippen LogP contribution >= 0.6 is 20.7 Å². The summed E-state index contributed by atoms with van der Waals surface area (Å²) in [5.74, 6) is 1.45. The summed E-state index contributed by atoms with van der Waals surface area (Å²) in [5, 5.41) is 0. The Morgan fingerprint density at radius 1 is 0.933 bits per heavy atom. The molecule has 0 saturated carbocycles. The van der Waals surface area contributed by atoms with Gasteiger partial charge in [0, 0.05) is 10.5 Å². The van der Waals surface area contributed by atoms with Crippen molar-refractivity contribution in [2.45, 2.75) is 13.8 Å². The van der Waals surface area contributed by atoms with Crippen molar-refractivity contribution in [1.82, 2.24) is 0 Å². The molecule has 4 heteroatoms. The molecule has 2 rings (SSSR count). The largest absolute Gasteiger partial charge is 0.430 e. The summed E-state index contributed by atoms with van der Waals surface area (Å²) < 4.78 is 7.32. The van der Waals surface area contributed by atoms with E-state index >= 15 is 0 Å². The molecule has 15 heavy (non-hydrogen) atoms. The summed E-state index contributed by atoms with van der Waals surface area (Å²) in [6, 6.07) is 10.1. The Kier molecular flexibility index (Phi) is 3.37. The lowest BCUT2D eigenvalue weighted by molar-refractivity contribution is -0.210. The molecule has 0 amide bonds. The lowest BCUT2D eigenvalue weighted by Crippen LogP contribution is -2.14. The number of hydrogen-bond donors (Lipinski definition) is 0. The molecular weight excluding hydrogens is 307 g/mol. The quantitative estimate of drug-likeness (QED) is 0.588. The van der Waals surface area contributed by atoms with Gasteiger partial charge in [-0.05, 0) is 39.8 Å². The zero-order valence-corrected chi connectivity index (χ0v) is 10.6. The van der Waals surface area contributed by atoms with E-state index in [2.05, 4.69) is 12.1 Å². The van der Waals surface area contributed by atoms with Crippen molar-refractivity contribution in [2.75, 3.05) is 0 Å². The number of hydrogen-bond acceptors (Lipinski definition) is 3. The van der Waals surface area contributed by atoms with Crippen molar-refractivity contribution in [1.29, 1.82) is 0 Å². The van der Waals surface area contributed by atoms with Crippen molar-refractivity contribution in [3.8, 4) is 0 Å². The van der Waals surface area contributed by atoms with Crippen LogP contribution in [-0.2, 0) is 14.5 Å². The third kappa shape index (κ3) is 2.79. The summed E-state index contributed by atoms with van der Waals surface area (Å²) in [5.41, 5.74) is 0. The second-order valence-electron chi connectivity index (χ2n) is 3.01. The minimum absolute atomic E-state index is 0.428. The Bertz CT molecular complexity index is 409. The van der Waals surface area contributed by atoms with Gasteiger partial charge in [0.25, 0.3) is 0 Å². The number of ether oxygens (including phenoxy) is 1. The van der Waals surface area contributed by atoms with E-state index in [4.69, 9.17) is 14.5 Å². The maximum absolute atomic E-state index is 5.50. The van der Waals surface area contributed by atoms with Gasteiger partial charge in [-0.1, -0.05) is 18.2 Å². The predicted octanol–water partition coefficient (Wildman–Crippen LogP) is 3.14. The molecular formula is C11H11IO3. The molecule has 0 saturated heterocycles. The molecule has 0 N–H and O–H groups in total. The number of halogens is 1. The van der Waals surface area contributed by atoms with Crippen LogP contribution in [0, 0.1) is 3.57 Å². The molecule has 0 aliphatic carbocycles. The normalized spacial score (nSPS) is 19.2. The highest BCUT2D eigenvalue weighted by molar-refractivity contribution is 14.2. The van der Waals surface area contributed by atoms with Crippen molar-refractivity contribution in [3.05, 3.63) is 45.4 Å². The fraction of sp³-hybridized carbons (Fsp3) is 0.182. The van der Waals surface area contributed by atoms with Gasteiger partial charge in [-0.3, -0.25) is 0 Å². The predicted molar refractivity (Wildman–Crippen MR) is 65.8 cm³/mol. The molecule has 0 atom stereocenters. The molecule has 1 aromatic rings. The second-order valence-corrected chi connectivity index (χ2v) is 5.67. The summed E-state index contributed by atoms with van der Waals surface area (Å²) in [7, 11) is 0. The summed E-state index contributed by atoms with van der Waals surface area (Å²) >= 11 is -0.428. The maximum Gasteiger partial charge on any atom is 0.312 e. The zero-order valence-electron chi connectivity index (χ0n) is 8.49. The molecule has 1 heterocycles. The van der Waals surface area contributed by atoms with Crippen molar-refractivity contribution in [2.24, 2.45) is 0 Å². The highest BCUT2D eigenvalue weighted by Gasteiger charge is 2.14. The van der Waals surface area contributed by atoms with Crippen LogP contribution in [-0.4, -0.2) is 3.88 Å². The molecule has 0 unspecified atom stereocenters. The van der Waals surface area contributed by atoms with Crippen LogP contribution in [0.4, 0.5) is 0 Å². The molecule has 1 aromatic carbocycles. The molecule has 0 spiro atoms. The number of rotatable bonds is 1. The first-order valence-corrected chi connectivity index (χ1v) is 6.68. The minimum atomic E-state index is -0.428. The van der Waals surface area contributed by atoms with E-state index in [0.29, 0.717) is 9.64 Å². The topological polar surface area (TPSA) is 27.7 Å². The molecule has 1 aliphatic rings. The Balaban J connectivity index is 2.17. The first-order valence-electron chi connectivity index (χ1n) is 4.52. The summed E-state index contributed by atoms with van der Waals surface area (Å²) in [4.78, 5) is 10.1. The SMILES string of the molecule is CC1=C(C)OC(=Ic2ccccc2)OO1. The molecule has 0 aromatic heterocycles. The molecule has 3 nitrogen and oxygen atoms in total. The highest BCUT2D eigenvalue weighted by Crippen LogP contribution is 2.21. The van der Waals surface area contributed by atoms with E-state index in [1.807, 2.05) is 32.0 Å². The van der Waals surface area contributed by atoms with E-state index in [9.17, 15) is 0 Å². The Morgan fingerprint density at radius 3 is 2.33 bits per heavy atom. The van der Waals surface area contributed by atoms with E-state index in [1.54, 1.807) is 0 Å². The van der Waals surface area contributed by atoms with Gasteiger partial charge in [0.1, 0.15) is 5.76 Å². The van der Waals surface area contributed by atoms with Gasteiger partial charge in [-0.2, -0.15) is 0 Å². The average Bonchev–Trinajstić information content (AvgIpc) is 2.25. The van der Waals surface area contributed by atoms with Crippen molar-refractivity contribution >= 4 is 24.6 Å². The van der Waals surface area contributed by atoms with Gasteiger partial charge in [0.15, 0.2) is 5.76 Å². The highest BCUT2D eigenvalue weighted by atomic mass is 127. The van der Waals surface area contributed by atoms with E-state index in [-0.39, 0.29) is 0 Å². The summed E-state index contributed by atoms with van der Waals surface area (Å²) in [6.07, 6.45) is 0. The standard InChI is InChI=1S/C11H11IO3/c1-8-9(2)14-15-11(13-8)12-10-6-4-3-5-7-10/h3-7H,1-2H3. The first kappa shape index (κ1) is 10.6. The van der Waals surface area contributed by atoms with Crippen LogP contribution in [0.5, 0.6) is 0 Å². The average molecular weight is 318 g/mol. The third-order valence-corrected chi connectivity index (χ3v) is 4.06. The number of allylic oxidation sites excluding steroid dienone is 2. The van der Waals surface area contributed by atoms with Crippen LogP contribution in [0.3, 0.4) is 0 Å².